The van der Waals surface area contributed by atoms with Crippen LogP contribution in [-0.2, 0) is 9.22 Å². The van der Waals surface area contributed by atoms with Gasteiger partial charge in [0.05, 0.1) is 5.03 Å². The van der Waals surface area contributed by atoms with Gasteiger partial charge in [0.25, 0.3) is 0 Å². The van der Waals surface area contributed by atoms with E-state index in [2.05, 4.69) is 36.7 Å². The minimum absolute atomic E-state index is 0.0919. The predicted octanol–water partition coefficient (Wildman–Crippen LogP) is 4.44. The van der Waals surface area contributed by atoms with Gasteiger partial charge in [0.15, 0.2) is 0 Å². The molecular formula is C16H21NO2SSi. The number of aromatic nitrogens is 1. The standard InChI is InChI=1S/C16H21NO2SSi/c1-16(2)13(15(18)19-21(3,4)5)17-10-11-8-6-7-9-12(11)14(17)20-16/h6-10,13H,1-5H3. The van der Waals surface area contributed by atoms with Crippen LogP contribution in [0.4, 0.5) is 0 Å². The number of hydrogen-bond donors (Lipinski definition) is 0. The van der Waals surface area contributed by atoms with Crippen LogP contribution in [0.5, 0.6) is 0 Å². The third-order valence-corrected chi connectivity index (χ3v) is 5.82. The summed E-state index contributed by atoms with van der Waals surface area (Å²) in [7, 11) is -1.88. The van der Waals surface area contributed by atoms with Gasteiger partial charge in [-0.25, -0.2) is 0 Å². The average Bonchev–Trinajstić information content (AvgIpc) is 2.77. The van der Waals surface area contributed by atoms with Crippen molar-refractivity contribution in [2.45, 2.75) is 49.3 Å². The Morgan fingerprint density at radius 3 is 2.62 bits per heavy atom. The van der Waals surface area contributed by atoms with Crippen LogP contribution < -0.4 is 0 Å². The molecule has 1 aromatic carbocycles. The molecule has 5 heteroatoms. The molecule has 0 aliphatic carbocycles. The molecule has 0 radical (unpaired) electrons. The van der Waals surface area contributed by atoms with Crippen LogP contribution in [-0.4, -0.2) is 23.6 Å². The summed E-state index contributed by atoms with van der Waals surface area (Å²) in [5, 5.41) is 3.58. The molecule has 0 N–H and O–H groups in total. The Bertz CT molecular complexity index is 715. The highest BCUT2D eigenvalue weighted by Gasteiger charge is 2.47. The van der Waals surface area contributed by atoms with Gasteiger partial charge in [0, 0.05) is 21.7 Å². The number of carbonyl (C=O) groups excluding carboxylic acids is 1. The first-order valence-corrected chi connectivity index (χ1v) is 11.4. The van der Waals surface area contributed by atoms with E-state index >= 15 is 0 Å². The fraction of sp³-hybridized carbons (Fsp3) is 0.438. The average molecular weight is 320 g/mol. The zero-order chi connectivity index (χ0) is 15.4. The van der Waals surface area contributed by atoms with Crippen LogP contribution in [0.15, 0.2) is 35.5 Å². The van der Waals surface area contributed by atoms with Crippen LogP contribution in [0.25, 0.3) is 10.8 Å². The van der Waals surface area contributed by atoms with Gasteiger partial charge in [-0.2, -0.15) is 0 Å². The first-order chi connectivity index (χ1) is 9.69. The lowest BCUT2D eigenvalue weighted by Crippen LogP contribution is -2.39. The van der Waals surface area contributed by atoms with Gasteiger partial charge in [-0.05, 0) is 33.5 Å². The van der Waals surface area contributed by atoms with Crippen molar-refractivity contribution in [3.05, 3.63) is 30.5 Å². The van der Waals surface area contributed by atoms with Crippen molar-refractivity contribution in [1.29, 1.82) is 0 Å². The van der Waals surface area contributed by atoms with E-state index in [0.717, 1.165) is 0 Å². The minimum atomic E-state index is -1.88. The molecule has 112 valence electrons. The fourth-order valence-corrected chi connectivity index (χ4v) is 4.94. The lowest BCUT2D eigenvalue weighted by Gasteiger charge is -2.28. The minimum Gasteiger partial charge on any atom is -0.518 e. The molecule has 3 nitrogen and oxygen atoms in total. The molecule has 0 saturated carbocycles. The van der Waals surface area contributed by atoms with Crippen molar-refractivity contribution in [3.63, 3.8) is 0 Å². The maximum absolute atomic E-state index is 12.7. The number of rotatable bonds is 2. The third-order valence-electron chi connectivity index (χ3n) is 3.63. The molecule has 2 heterocycles. The maximum atomic E-state index is 12.7. The van der Waals surface area contributed by atoms with Crippen molar-refractivity contribution < 1.29 is 9.22 Å². The molecule has 0 spiro atoms. The van der Waals surface area contributed by atoms with Crippen LogP contribution in [0.2, 0.25) is 19.6 Å². The Morgan fingerprint density at radius 2 is 1.95 bits per heavy atom. The molecule has 0 amide bonds. The number of nitrogens with zero attached hydrogens (tertiary/aromatic N) is 1. The maximum Gasteiger partial charge on any atom is 0.317 e. The summed E-state index contributed by atoms with van der Waals surface area (Å²) >= 11 is 1.77. The molecule has 1 atom stereocenters. The molecule has 1 aliphatic rings. The highest BCUT2D eigenvalue weighted by Crippen LogP contribution is 2.52. The van der Waals surface area contributed by atoms with E-state index in [0.29, 0.717) is 0 Å². The molecule has 0 bridgehead atoms. The smallest absolute Gasteiger partial charge is 0.317 e. The predicted molar refractivity (Wildman–Crippen MR) is 90.3 cm³/mol. The van der Waals surface area contributed by atoms with Crippen LogP contribution >= 0.6 is 11.8 Å². The lowest BCUT2D eigenvalue weighted by atomic mass is 10.0. The summed E-state index contributed by atoms with van der Waals surface area (Å²) in [5.74, 6) is -0.0919. The number of hydrogen-bond acceptors (Lipinski definition) is 3. The lowest BCUT2D eigenvalue weighted by molar-refractivity contribution is -0.139. The Labute approximate surface area is 130 Å². The first kappa shape index (κ1) is 14.7. The fourth-order valence-electron chi connectivity index (χ4n) is 2.85. The Kier molecular flexibility index (Phi) is 3.26. The van der Waals surface area contributed by atoms with E-state index in [-0.39, 0.29) is 16.8 Å². The molecule has 21 heavy (non-hydrogen) atoms. The van der Waals surface area contributed by atoms with Gasteiger partial charge < -0.3 is 8.99 Å². The summed E-state index contributed by atoms with van der Waals surface area (Å²) in [6.45, 7) is 10.4. The number of fused-ring (bicyclic) bond motifs is 3. The molecule has 0 saturated heterocycles. The Hall–Kier alpha value is -1.20. The summed E-state index contributed by atoms with van der Waals surface area (Å²) in [5.41, 5.74) is 0. The van der Waals surface area contributed by atoms with Gasteiger partial charge in [0.1, 0.15) is 6.04 Å². The highest BCUT2D eigenvalue weighted by atomic mass is 32.2. The van der Waals surface area contributed by atoms with Crippen molar-refractivity contribution in [3.8, 4) is 0 Å². The van der Waals surface area contributed by atoms with E-state index in [1.54, 1.807) is 11.8 Å². The van der Waals surface area contributed by atoms with Crippen LogP contribution in [0, 0.1) is 0 Å². The Morgan fingerprint density at radius 1 is 1.29 bits per heavy atom. The quantitative estimate of drug-likeness (QED) is 0.767. The zero-order valence-corrected chi connectivity index (χ0v) is 15.0. The normalized spacial score (nSPS) is 20.5. The SMILES string of the molecule is CC1(C)Sc2c3ccccc3cn2C1C(=O)O[Si](C)(C)C. The second-order valence-electron chi connectivity index (χ2n) is 7.07. The van der Waals surface area contributed by atoms with E-state index in [1.165, 1.54) is 15.8 Å². The molecule has 2 aromatic rings. The van der Waals surface area contributed by atoms with Gasteiger partial charge in [-0.15, -0.1) is 0 Å². The molecule has 0 fully saturated rings. The zero-order valence-electron chi connectivity index (χ0n) is 13.1. The van der Waals surface area contributed by atoms with Crippen molar-refractivity contribution >= 4 is 36.8 Å². The van der Waals surface area contributed by atoms with Gasteiger partial charge in [-0.1, -0.05) is 36.0 Å². The van der Waals surface area contributed by atoms with Crippen LogP contribution in [0.3, 0.4) is 0 Å². The van der Waals surface area contributed by atoms with Crippen molar-refractivity contribution in [1.82, 2.24) is 4.57 Å². The van der Waals surface area contributed by atoms with Gasteiger partial charge >= 0.3 is 5.97 Å². The first-order valence-electron chi connectivity index (χ1n) is 7.20. The van der Waals surface area contributed by atoms with E-state index in [9.17, 15) is 4.79 Å². The topological polar surface area (TPSA) is 31.2 Å². The number of thioether (sulfide) groups is 1. The van der Waals surface area contributed by atoms with Gasteiger partial charge in [0.2, 0.25) is 8.32 Å². The van der Waals surface area contributed by atoms with E-state index in [4.69, 9.17) is 4.43 Å². The summed E-state index contributed by atoms with van der Waals surface area (Å²) in [6, 6.07) is 8.04. The van der Waals surface area contributed by atoms with Crippen molar-refractivity contribution in [2.24, 2.45) is 0 Å². The second-order valence-corrected chi connectivity index (χ2v) is 13.1. The Balaban J connectivity index is 2.07. The summed E-state index contributed by atoms with van der Waals surface area (Å²) < 4.78 is 7.70. The number of carbonyl (C=O) groups is 1. The van der Waals surface area contributed by atoms with Crippen LogP contribution in [0.1, 0.15) is 19.9 Å². The summed E-state index contributed by atoms with van der Waals surface area (Å²) in [4.78, 5) is 12.7. The van der Waals surface area contributed by atoms with Gasteiger partial charge in [-0.3, -0.25) is 4.79 Å². The molecule has 1 unspecified atom stereocenters. The number of benzene rings is 1. The molecule has 1 aromatic heterocycles. The highest BCUT2D eigenvalue weighted by molar-refractivity contribution is 8.01. The second kappa shape index (κ2) is 4.65. The molecule has 3 rings (SSSR count). The summed E-state index contributed by atoms with van der Waals surface area (Å²) in [6.07, 6.45) is 2.09. The monoisotopic (exact) mass is 319 g/mol. The molecular weight excluding hydrogens is 298 g/mol. The van der Waals surface area contributed by atoms with Crippen molar-refractivity contribution in [2.75, 3.05) is 0 Å². The van der Waals surface area contributed by atoms with E-state index in [1.807, 2.05) is 31.8 Å². The third kappa shape index (κ3) is 2.53. The van der Waals surface area contributed by atoms with E-state index < -0.39 is 8.32 Å². The molecule has 1 aliphatic heterocycles. The largest absolute Gasteiger partial charge is 0.518 e.